The van der Waals surface area contributed by atoms with E-state index in [4.69, 9.17) is 4.74 Å². The average Bonchev–Trinajstić information content (AvgIpc) is 2.94. The van der Waals surface area contributed by atoms with Crippen LogP contribution in [0, 0.1) is 13.8 Å². The number of aryl methyl sites for hydroxylation is 1. The van der Waals surface area contributed by atoms with Crippen molar-refractivity contribution in [3.05, 3.63) is 65.0 Å². The van der Waals surface area contributed by atoms with E-state index in [0.717, 1.165) is 22.6 Å². The molecular formula is C22H28N2O3. The Labute approximate surface area is 161 Å². The van der Waals surface area contributed by atoms with E-state index in [-0.39, 0.29) is 17.6 Å². The number of benzene rings is 1. The lowest BCUT2D eigenvalue weighted by atomic mass is 10.0. The minimum atomic E-state index is -0.321. The van der Waals surface area contributed by atoms with Crippen LogP contribution in [0.15, 0.2) is 36.9 Å². The van der Waals surface area contributed by atoms with Gasteiger partial charge in [0.25, 0.3) is 0 Å². The summed E-state index contributed by atoms with van der Waals surface area (Å²) in [5.41, 5.74) is 3.70. The molecule has 1 aromatic heterocycles. The van der Waals surface area contributed by atoms with Gasteiger partial charge in [0.2, 0.25) is 0 Å². The van der Waals surface area contributed by atoms with Gasteiger partial charge in [0, 0.05) is 17.8 Å². The molecule has 1 aromatic carbocycles. The molecule has 1 unspecified atom stereocenters. The van der Waals surface area contributed by atoms with E-state index in [9.17, 15) is 9.59 Å². The Hall–Kier alpha value is -2.66. The van der Waals surface area contributed by atoms with Crippen LogP contribution in [0.5, 0.6) is 5.75 Å². The number of Topliss-reactive ketones (excluding diaryl/α,β-unsaturated/α-hetero) is 2. The minimum absolute atomic E-state index is 0.0171. The van der Waals surface area contributed by atoms with E-state index in [1.165, 1.54) is 6.92 Å². The Morgan fingerprint density at radius 1 is 1.26 bits per heavy atom. The van der Waals surface area contributed by atoms with Crippen LogP contribution in [-0.2, 0) is 6.54 Å². The molecule has 27 heavy (non-hydrogen) atoms. The van der Waals surface area contributed by atoms with Crippen molar-refractivity contribution in [2.45, 2.75) is 40.3 Å². The molecule has 0 aliphatic heterocycles. The number of rotatable bonds is 9. The zero-order chi connectivity index (χ0) is 20.1. The first kappa shape index (κ1) is 20.6. The summed E-state index contributed by atoms with van der Waals surface area (Å²) in [6.45, 7) is 11.8. The van der Waals surface area contributed by atoms with Gasteiger partial charge in [-0.05, 0) is 58.0 Å². The molecule has 0 fully saturated rings. The molecule has 0 amide bonds. The average molecular weight is 368 g/mol. The quantitative estimate of drug-likeness (QED) is 0.535. The number of likely N-dealkylation sites (N-methyl/N-ethyl adjacent to an activating group) is 1. The highest BCUT2D eigenvalue weighted by Gasteiger charge is 2.25. The fourth-order valence-electron chi connectivity index (χ4n) is 3.20. The van der Waals surface area contributed by atoms with E-state index in [1.54, 1.807) is 6.08 Å². The third kappa shape index (κ3) is 4.74. The monoisotopic (exact) mass is 368 g/mol. The molecule has 1 N–H and O–H groups in total. The second-order valence-corrected chi connectivity index (χ2v) is 6.88. The van der Waals surface area contributed by atoms with Crippen molar-refractivity contribution in [1.82, 2.24) is 9.88 Å². The smallest absolute Gasteiger partial charge is 0.196 e. The van der Waals surface area contributed by atoms with Gasteiger partial charge in [-0.15, -0.1) is 0 Å². The lowest BCUT2D eigenvalue weighted by Gasteiger charge is -2.23. The van der Waals surface area contributed by atoms with Crippen molar-refractivity contribution in [1.29, 1.82) is 0 Å². The minimum Gasteiger partial charge on any atom is -0.490 e. The number of hydrogen-bond donors (Lipinski definition) is 1. The molecule has 0 bridgehead atoms. The summed E-state index contributed by atoms with van der Waals surface area (Å²) in [7, 11) is 1.92. The zero-order valence-electron chi connectivity index (χ0n) is 16.8. The molecule has 0 saturated carbocycles. The Balaban J connectivity index is 2.09. The molecule has 144 valence electrons. The predicted octanol–water partition coefficient (Wildman–Crippen LogP) is 4.10. The SMILES string of the molecule is C=CCOc1ccc(CN(C)C(C)C(=O)c2[nH]c(C)c(C(C)=O)c2C)cc1. The van der Waals surface area contributed by atoms with Crippen LogP contribution < -0.4 is 4.74 Å². The topological polar surface area (TPSA) is 62.4 Å². The number of carbonyl (C=O) groups is 2. The second-order valence-electron chi connectivity index (χ2n) is 6.88. The maximum Gasteiger partial charge on any atom is 0.196 e. The molecule has 0 spiro atoms. The molecule has 1 heterocycles. The largest absolute Gasteiger partial charge is 0.490 e. The van der Waals surface area contributed by atoms with Gasteiger partial charge in [0.05, 0.1) is 11.7 Å². The van der Waals surface area contributed by atoms with Crippen molar-refractivity contribution in [2.24, 2.45) is 0 Å². The van der Waals surface area contributed by atoms with Gasteiger partial charge in [-0.1, -0.05) is 24.8 Å². The van der Waals surface area contributed by atoms with Crippen molar-refractivity contribution in [2.75, 3.05) is 13.7 Å². The van der Waals surface area contributed by atoms with Crippen molar-refractivity contribution >= 4 is 11.6 Å². The summed E-state index contributed by atoms with van der Waals surface area (Å²) in [4.78, 5) is 29.8. The number of nitrogens with zero attached hydrogens (tertiary/aromatic N) is 1. The van der Waals surface area contributed by atoms with Crippen LogP contribution in [0.4, 0.5) is 0 Å². The Morgan fingerprint density at radius 2 is 1.89 bits per heavy atom. The highest BCUT2D eigenvalue weighted by molar-refractivity contribution is 6.05. The summed E-state index contributed by atoms with van der Waals surface area (Å²) in [6, 6.07) is 7.49. The van der Waals surface area contributed by atoms with Crippen molar-refractivity contribution in [3.8, 4) is 5.75 Å². The standard InChI is InChI=1S/C22H28N2O3/c1-7-12-27-19-10-8-18(9-11-19)13-24(6)16(4)22(26)21-14(2)20(17(5)25)15(3)23-21/h7-11,16,23H,1,12-13H2,2-6H3. The number of aromatic amines is 1. The summed E-state index contributed by atoms with van der Waals surface area (Å²) in [5.74, 6) is 0.747. The molecule has 1 atom stereocenters. The molecule has 5 heteroatoms. The number of H-pyrrole nitrogens is 1. The molecule has 0 radical (unpaired) electrons. The second kappa shape index (κ2) is 8.82. The Bertz CT molecular complexity index is 834. The first-order valence-corrected chi connectivity index (χ1v) is 9.03. The van der Waals surface area contributed by atoms with Crippen molar-refractivity contribution in [3.63, 3.8) is 0 Å². The number of aromatic nitrogens is 1. The van der Waals surface area contributed by atoms with Gasteiger partial charge in [0.15, 0.2) is 11.6 Å². The van der Waals surface area contributed by atoms with Crippen LogP contribution in [0.3, 0.4) is 0 Å². The van der Waals surface area contributed by atoms with Gasteiger partial charge in [0.1, 0.15) is 12.4 Å². The van der Waals surface area contributed by atoms with E-state index < -0.39 is 0 Å². The van der Waals surface area contributed by atoms with Gasteiger partial charge in [-0.25, -0.2) is 0 Å². The van der Waals surface area contributed by atoms with Crippen LogP contribution in [0.25, 0.3) is 0 Å². The molecule has 0 aliphatic rings. The van der Waals surface area contributed by atoms with Crippen LogP contribution in [0.2, 0.25) is 0 Å². The number of nitrogens with one attached hydrogen (secondary N) is 1. The first-order chi connectivity index (χ1) is 12.8. The van der Waals surface area contributed by atoms with E-state index >= 15 is 0 Å². The normalized spacial score (nSPS) is 12.1. The summed E-state index contributed by atoms with van der Waals surface area (Å²) < 4.78 is 5.49. The lowest BCUT2D eigenvalue weighted by Crippen LogP contribution is -2.36. The molecular weight excluding hydrogens is 340 g/mol. The first-order valence-electron chi connectivity index (χ1n) is 9.03. The van der Waals surface area contributed by atoms with Crippen molar-refractivity contribution < 1.29 is 14.3 Å². The Morgan fingerprint density at radius 3 is 2.41 bits per heavy atom. The predicted molar refractivity (Wildman–Crippen MR) is 108 cm³/mol. The molecule has 2 rings (SSSR count). The maximum atomic E-state index is 12.9. The van der Waals surface area contributed by atoms with Crippen LogP contribution >= 0.6 is 0 Å². The molecule has 0 saturated heterocycles. The van der Waals surface area contributed by atoms with E-state index in [2.05, 4.69) is 11.6 Å². The fraction of sp³-hybridized carbons (Fsp3) is 0.364. The lowest BCUT2D eigenvalue weighted by molar-refractivity contribution is 0.0856. The number of ketones is 2. The number of ether oxygens (including phenoxy) is 1. The van der Waals surface area contributed by atoms with Gasteiger partial charge < -0.3 is 9.72 Å². The van der Waals surface area contributed by atoms with Gasteiger partial charge in [-0.2, -0.15) is 0 Å². The summed E-state index contributed by atoms with van der Waals surface area (Å²) >= 11 is 0. The number of hydrogen-bond acceptors (Lipinski definition) is 4. The van der Waals surface area contributed by atoms with Crippen LogP contribution in [0.1, 0.15) is 51.5 Å². The van der Waals surface area contributed by atoms with Crippen LogP contribution in [-0.4, -0.2) is 41.1 Å². The molecule has 5 nitrogen and oxygen atoms in total. The summed E-state index contributed by atoms with van der Waals surface area (Å²) in [5, 5.41) is 0. The third-order valence-corrected chi connectivity index (χ3v) is 4.80. The highest BCUT2D eigenvalue weighted by atomic mass is 16.5. The van der Waals surface area contributed by atoms with Gasteiger partial charge in [-0.3, -0.25) is 14.5 Å². The molecule has 2 aromatic rings. The maximum absolute atomic E-state index is 12.9. The summed E-state index contributed by atoms with van der Waals surface area (Å²) in [6.07, 6.45) is 1.71. The third-order valence-electron chi connectivity index (χ3n) is 4.80. The van der Waals surface area contributed by atoms with Gasteiger partial charge >= 0.3 is 0 Å². The molecule has 0 aliphatic carbocycles. The zero-order valence-corrected chi connectivity index (χ0v) is 16.8. The highest BCUT2D eigenvalue weighted by Crippen LogP contribution is 2.21. The fourth-order valence-corrected chi connectivity index (χ4v) is 3.20. The Kier molecular flexibility index (Phi) is 6.75. The van der Waals surface area contributed by atoms with E-state index in [1.807, 2.05) is 57.0 Å². The number of carbonyl (C=O) groups excluding carboxylic acids is 2. The van der Waals surface area contributed by atoms with E-state index in [0.29, 0.717) is 24.4 Å².